The molecule has 3 aromatic rings. The zero-order valence-electron chi connectivity index (χ0n) is 17.0. The molecule has 0 fully saturated rings. The van der Waals surface area contributed by atoms with Gasteiger partial charge in [0.25, 0.3) is 5.56 Å². The molecule has 0 N–H and O–H groups in total. The summed E-state index contributed by atoms with van der Waals surface area (Å²) in [4.78, 5) is 39.8. The van der Waals surface area contributed by atoms with Crippen molar-refractivity contribution in [3.8, 4) is 0 Å². The average molecular weight is 426 g/mol. The number of carbonyl (C=O) groups excluding carboxylic acids is 1. The van der Waals surface area contributed by atoms with Crippen molar-refractivity contribution in [3.05, 3.63) is 104 Å². The van der Waals surface area contributed by atoms with Crippen LogP contribution in [0.25, 0.3) is 0 Å². The molecule has 7 heteroatoms. The maximum atomic E-state index is 13.0. The molecule has 0 unspecified atom stereocenters. The zero-order valence-corrected chi connectivity index (χ0v) is 17.7. The van der Waals surface area contributed by atoms with Crippen molar-refractivity contribution < 1.29 is 4.79 Å². The van der Waals surface area contributed by atoms with E-state index < -0.39 is 11.2 Å². The maximum absolute atomic E-state index is 13.0. The van der Waals surface area contributed by atoms with Crippen molar-refractivity contribution in [2.75, 3.05) is 0 Å². The number of hydrogen-bond acceptors (Lipinski definition) is 3. The van der Waals surface area contributed by atoms with Crippen LogP contribution in [0.4, 0.5) is 0 Å². The largest absolute Gasteiger partial charge is 0.334 e. The van der Waals surface area contributed by atoms with E-state index in [2.05, 4.69) is 0 Å². The van der Waals surface area contributed by atoms with Gasteiger partial charge >= 0.3 is 5.69 Å². The highest BCUT2D eigenvalue weighted by molar-refractivity contribution is 6.30. The second kappa shape index (κ2) is 9.59. The second-order valence-electron chi connectivity index (χ2n) is 7.38. The van der Waals surface area contributed by atoms with Crippen LogP contribution in [0.1, 0.15) is 25.0 Å². The van der Waals surface area contributed by atoms with E-state index in [9.17, 15) is 14.4 Å². The molecule has 0 saturated heterocycles. The predicted octanol–water partition coefficient (Wildman–Crippen LogP) is 3.15. The molecule has 0 atom stereocenters. The van der Waals surface area contributed by atoms with Crippen LogP contribution in [0.3, 0.4) is 0 Å². The highest BCUT2D eigenvalue weighted by atomic mass is 35.5. The van der Waals surface area contributed by atoms with Gasteiger partial charge in [-0.05, 0) is 37.1 Å². The lowest BCUT2D eigenvalue weighted by Crippen LogP contribution is -2.45. The molecular weight excluding hydrogens is 402 g/mol. The molecular formula is C23H24ClN3O3. The molecule has 0 aliphatic carbocycles. The Hall–Kier alpha value is -3.12. The van der Waals surface area contributed by atoms with Gasteiger partial charge in [0.05, 0.1) is 6.54 Å². The normalized spacial score (nSPS) is 10.9. The van der Waals surface area contributed by atoms with Crippen LogP contribution < -0.4 is 11.2 Å². The van der Waals surface area contributed by atoms with Crippen molar-refractivity contribution in [2.24, 2.45) is 0 Å². The highest BCUT2D eigenvalue weighted by Crippen LogP contribution is 2.14. The topological polar surface area (TPSA) is 64.3 Å². The molecule has 2 aromatic carbocycles. The first-order valence-corrected chi connectivity index (χ1v) is 10.1. The summed E-state index contributed by atoms with van der Waals surface area (Å²) < 4.78 is 2.42. The molecule has 156 valence electrons. The van der Waals surface area contributed by atoms with Crippen LogP contribution in [0, 0.1) is 0 Å². The second-order valence-corrected chi connectivity index (χ2v) is 7.82. The number of hydrogen-bond donors (Lipinski definition) is 0. The van der Waals surface area contributed by atoms with Gasteiger partial charge in [0.15, 0.2) is 0 Å². The average Bonchev–Trinajstić information content (AvgIpc) is 2.72. The molecule has 0 bridgehead atoms. The van der Waals surface area contributed by atoms with E-state index in [4.69, 9.17) is 11.6 Å². The number of aromatic nitrogens is 2. The van der Waals surface area contributed by atoms with Gasteiger partial charge in [-0.15, -0.1) is 0 Å². The zero-order chi connectivity index (χ0) is 21.7. The van der Waals surface area contributed by atoms with Crippen molar-refractivity contribution in [3.63, 3.8) is 0 Å². The Labute approximate surface area is 180 Å². The van der Waals surface area contributed by atoms with Crippen LogP contribution in [0.2, 0.25) is 5.02 Å². The summed E-state index contributed by atoms with van der Waals surface area (Å²) in [5.41, 5.74) is 0.808. The van der Waals surface area contributed by atoms with Crippen molar-refractivity contribution in [2.45, 2.75) is 39.5 Å². The first-order valence-electron chi connectivity index (χ1n) is 9.73. The molecule has 3 rings (SSSR count). The number of halogens is 1. The summed E-state index contributed by atoms with van der Waals surface area (Å²) in [6.07, 6.45) is 1.46. The SMILES string of the molecule is CC(C)N(Cc1cccc(Cl)c1)C(=O)Cn1c(=O)ccn(Cc2ccccc2)c1=O. The van der Waals surface area contributed by atoms with Gasteiger partial charge in [-0.3, -0.25) is 18.7 Å². The van der Waals surface area contributed by atoms with Gasteiger partial charge < -0.3 is 4.90 Å². The molecule has 1 heterocycles. The van der Waals surface area contributed by atoms with Gasteiger partial charge in [0.2, 0.25) is 5.91 Å². The number of rotatable bonds is 7. The third kappa shape index (κ3) is 5.27. The number of nitrogens with zero attached hydrogens (tertiary/aromatic N) is 3. The van der Waals surface area contributed by atoms with E-state index >= 15 is 0 Å². The fraction of sp³-hybridized carbons (Fsp3) is 0.261. The Balaban J connectivity index is 1.84. The van der Waals surface area contributed by atoms with Crippen LogP contribution in [-0.2, 0) is 24.4 Å². The Bertz CT molecular complexity index is 1140. The monoisotopic (exact) mass is 425 g/mol. The van der Waals surface area contributed by atoms with Crippen LogP contribution >= 0.6 is 11.6 Å². The fourth-order valence-electron chi connectivity index (χ4n) is 3.22. The van der Waals surface area contributed by atoms with Crippen LogP contribution in [-0.4, -0.2) is 26.0 Å². The Morgan fingerprint density at radius 2 is 1.70 bits per heavy atom. The number of benzene rings is 2. The summed E-state index contributed by atoms with van der Waals surface area (Å²) in [5.74, 6) is -0.304. The third-order valence-electron chi connectivity index (χ3n) is 4.81. The molecule has 1 amide bonds. The van der Waals surface area contributed by atoms with Crippen molar-refractivity contribution in [1.29, 1.82) is 0 Å². The minimum absolute atomic E-state index is 0.109. The predicted molar refractivity (Wildman–Crippen MR) is 118 cm³/mol. The standard InChI is InChI=1S/C23H24ClN3O3/c1-17(2)26(15-19-9-6-10-20(24)13-19)22(29)16-27-21(28)11-12-25(23(27)30)14-18-7-4-3-5-8-18/h3-13,17H,14-16H2,1-2H3. The lowest BCUT2D eigenvalue weighted by atomic mass is 10.2. The van der Waals surface area contributed by atoms with E-state index in [-0.39, 0.29) is 18.5 Å². The van der Waals surface area contributed by atoms with E-state index in [1.165, 1.54) is 16.8 Å². The molecule has 30 heavy (non-hydrogen) atoms. The quantitative estimate of drug-likeness (QED) is 0.584. The Kier molecular flexibility index (Phi) is 6.90. The van der Waals surface area contributed by atoms with Gasteiger partial charge in [-0.2, -0.15) is 0 Å². The maximum Gasteiger partial charge on any atom is 0.331 e. The van der Waals surface area contributed by atoms with Gasteiger partial charge in [-0.1, -0.05) is 54.1 Å². The lowest BCUT2D eigenvalue weighted by molar-refractivity contribution is -0.134. The van der Waals surface area contributed by atoms with E-state index in [1.54, 1.807) is 17.0 Å². The molecule has 1 aromatic heterocycles. The molecule has 0 spiro atoms. The van der Waals surface area contributed by atoms with Crippen LogP contribution in [0.5, 0.6) is 0 Å². The summed E-state index contributed by atoms with van der Waals surface area (Å²) in [6.45, 7) is 4.14. The first-order chi connectivity index (χ1) is 14.3. The lowest BCUT2D eigenvalue weighted by Gasteiger charge is -2.27. The van der Waals surface area contributed by atoms with E-state index in [0.717, 1.165) is 15.7 Å². The minimum atomic E-state index is -0.508. The molecule has 0 saturated carbocycles. The van der Waals surface area contributed by atoms with Gasteiger partial charge in [0, 0.05) is 29.9 Å². The highest BCUT2D eigenvalue weighted by Gasteiger charge is 2.20. The molecule has 0 radical (unpaired) electrons. The molecule has 0 aliphatic heterocycles. The van der Waals surface area contributed by atoms with E-state index in [1.807, 2.05) is 56.3 Å². The van der Waals surface area contributed by atoms with Crippen molar-refractivity contribution in [1.82, 2.24) is 14.0 Å². The summed E-state index contributed by atoms with van der Waals surface area (Å²) in [5, 5.41) is 0.590. The Morgan fingerprint density at radius 3 is 2.37 bits per heavy atom. The summed E-state index contributed by atoms with van der Waals surface area (Å²) in [6, 6.07) is 17.9. The van der Waals surface area contributed by atoms with Gasteiger partial charge in [0.1, 0.15) is 6.54 Å². The molecule has 6 nitrogen and oxygen atoms in total. The number of carbonyl (C=O) groups is 1. The van der Waals surface area contributed by atoms with E-state index in [0.29, 0.717) is 18.1 Å². The smallest absolute Gasteiger partial charge is 0.331 e. The molecule has 0 aliphatic rings. The minimum Gasteiger partial charge on any atom is -0.334 e. The summed E-state index contributed by atoms with van der Waals surface area (Å²) >= 11 is 6.05. The third-order valence-corrected chi connectivity index (χ3v) is 5.05. The van der Waals surface area contributed by atoms with Crippen molar-refractivity contribution >= 4 is 17.5 Å². The first kappa shape index (κ1) is 21.6. The Morgan fingerprint density at radius 1 is 1.00 bits per heavy atom. The number of amides is 1. The van der Waals surface area contributed by atoms with Gasteiger partial charge in [-0.25, -0.2) is 4.79 Å². The van der Waals surface area contributed by atoms with Crippen LogP contribution in [0.15, 0.2) is 76.4 Å². The summed E-state index contributed by atoms with van der Waals surface area (Å²) in [7, 11) is 0. The fourth-order valence-corrected chi connectivity index (χ4v) is 3.43.